The van der Waals surface area contributed by atoms with Crippen LogP contribution in [0, 0.1) is 12.8 Å². The van der Waals surface area contributed by atoms with E-state index >= 15 is 0 Å². The molecular weight excluding hydrogens is 350 g/mol. The summed E-state index contributed by atoms with van der Waals surface area (Å²) < 4.78 is 8.21. The number of hydrogen-bond donors (Lipinski definition) is 0. The van der Waals surface area contributed by atoms with E-state index in [9.17, 15) is 4.79 Å². The zero-order chi connectivity index (χ0) is 19.7. The highest BCUT2D eigenvalue weighted by atomic mass is 16.5. The van der Waals surface area contributed by atoms with Gasteiger partial charge in [0.05, 0.1) is 17.2 Å². The third-order valence-corrected chi connectivity index (χ3v) is 5.82. The van der Waals surface area contributed by atoms with Gasteiger partial charge in [-0.05, 0) is 45.1 Å². The van der Waals surface area contributed by atoms with Gasteiger partial charge in [0.25, 0.3) is 0 Å². The summed E-state index contributed by atoms with van der Waals surface area (Å²) in [6, 6.07) is 10.5. The second kappa shape index (κ2) is 7.74. The third kappa shape index (κ3) is 3.93. The number of carbonyl (C=O) groups excluding carboxylic acids is 1. The van der Waals surface area contributed by atoms with Crippen molar-refractivity contribution in [3.63, 3.8) is 0 Å². The molecule has 1 aromatic carbocycles. The van der Waals surface area contributed by atoms with Gasteiger partial charge in [0.1, 0.15) is 17.7 Å². The van der Waals surface area contributed by atoms with Crippen LogP contribution in [0.3, 0.4) is 0 Å². The predicted molar refractivity (Wildman–Crippen MR) is 110 cm³/mol. The van der Waals surface area contributed by atoms with Gasteiger partial charge in [-0.25, -0.2) is 9.97 Å². The molecule has 0 spiro atoms. The van der Waals surface area contributed by atoms with Crippen molar-refractivity contribution in [1.29, 1.82) is 0 Å². The Labute approximate surface area is 165 Å². The highest BCUT2D eigenvalue weighted by Gasteiger charge is 2.25. The molecule has 0 aliphatic heterocycles. The van der Waals surface area contributed by atoms with Crippen LogP contribution in [0.5, 0.6) is 5.88 Å². The molecule has 4 rings (SSSR count). The number of rotatable bonds is 5. The number of aromatic nitrogens is 3. The highest BCUT2D eigenvalue weighted by molar-refractivity contribution is 5.78. The SMILES string of the molecule is CC(=O)C1CCC(Oc2cc3nc(Cc4cccc(C)c4)n(C)c3cn2)CC1. The molecule has 2 heterocycles. The fourth-order valence-corrected chi connectivity index (χ4v) is 4.11. The van der Waals surface area contributed by atoms with E-state index in [1.165, 1.54) is 11.1 Å². The Morgan fingerprint density at radius 2 is 2.00 bits per heavy atom. The van der Waals surface area contributed by atoms with Crippen molar-refractivity contribution in [3.05, 3.63) is 53.5 Å². The second-order valence-corrected chi connectivity index (χ2v) is 7.97. The van der Waals surface area contributed by atoms with Gasteiger partial charge >= 0.3 is 0 Å². The third-order valence-electron chi connectivity index (χ3n) is 5.82. The van der Waals surface area contributed by atoms with Gasteiger partial charge < -0.3 is 9.30 Å². The molecule has 0 bridgehead atoms. The number of carbonyl (C=O) groups is 1. The minimum atomic E-state index is 0.135. The smallest absolute Gasteiger partial charge is 0.215 e. The van der Waals surface area contributed by atoms with Crippen LogP contribution in [-0.4, -0.2) is 26.4 Å². The van der Waals surface area contributed by atoms with Gasteiger partial charge in [-0.3, -0.25) is 4.79 Å². The first-order valence-electron chi connectivity index (χ1n) is 10.0. The molecule has 0 atom stereocenters. The average Bonchev–Trinajstić information content (AvgIpc) is 2.97. The maximum absolute atomic E-state index is 11.5. The molecule has 0 saturated heterocycles. The number of fused-ring (bicyclic) bond motifs is 1. The number of ether oxygens (including phenoxy) is 1. The van der Waals surface area contributed by atoms with Crippen LogP contribution in [0.2, 0.25) is 0 Å². The van der Waals surface area contributed by atoms with Crippen LogP contribution in [0.25, 0.3) is 11.0 Å². The summed E-state index contributed by atoms with van der Waals surface area (Å²) in [4.78, 5) is 20.9. The van der Waals surface area contributed by atoms with E-state index in [4.69, 9.17) is 9.72 Å². The van der Waals surface area contributed by atoms with E-state index in [0.29, 0.717) is 11.7 Å². The zero-order valence-electron chi connectivity index (χ0n) is 16.8. The molecule has 0 unspecified atom stereocenters. The van der Waals surface area contributed by atoms with Crippen molar-refractivity contribution < 1.29 is 9.53 Å². The Morgan fingerprint density at radius 1 is 1.21 bits per heavy atom. The van der Waals surface area contributed by atoms with Crippen molar-refractivity contribution in [2.24, 2.45) is 13.0 Å². The van der Waals surface area contributed by atoms with Crippen LogP contribution in [0.1, 0.15) is 49.6 Å². The molecule has 28 heavy (non-hydrogen) atoms. The molecule has 5 heteroatoms. The van der Waals surface area contributed by atoms with E-state index in [0.717, 1.165) is 49.0 Å². The molecule has 1 aliphatic carbocycles. The fourth-order valence-electron chi connectivity index (χ4n) is 4.11. The van der Waals surface area contributed by atoms with E-state index in [1.54, 1.807) is 6.92 Å². The normalized spacial score (nSPS) is 19.7. The number of pyridine rings is 1. The van der Waals surface area contributed by atoms with Gasteiger partial charge in [0, 0.05) is 25.5 Å². The Morgan fingerprint density at radius 3 is 2.71 bits per heavy atom. The molecule has 0 amide bonds. The summed E-state index contributed by atoms with van der Waals surface area (Å²) in [6.07, 6.45) is 6.40. The quantitative estimate of drug-likeness (QED) is 0.661. The Kier molecular flexibility index (Phi) is 5.16. The van der Waals surface area contributed by atoms with Crippen LogP contribution in [0.15, 0.2) is 36.5 Å². The second-order valence-electron chi connectivity index (χ2n) is 7.97. The first-order valence-corrected chi connectivity index (χ1v) is 10.0. The first kappa shape index (κ1) is 18.7. The molecule has 1 fully saturated rings. The van der Waals surface area contributed by atoms with E-state index in [-0.39, 0.29) is 12.0 Å². The van der Waals surface area contributed by atoms with Crippen LogP contribution >= 0.6 is 0 Å². The lowest BCUT2D eigenvalue weighted by atomic mass is 9.85. The highest BCUT2D eigenvalue weighted by Crippen LogP contribution is 2.28. The number of Topliss-reactive ketones (excluding diaryl/α,β-unsaturated/α-hetero) is 1. The summed E-state index contributed by atoms with van der Waals surface area (Å²) in [5, 5.41) is 0. The topological polar surface area (TPSA) is 57.0 Å². The standard InChI is InChI=1S/C23H27N3O2/c1-15-5-4-6-17(11-15)12-22-25-20-13-23(24-14-21(20)26(22)3)28-19-9-7-18(8-10-19)16(2)27/h4-6,11,13-14,18-19H,7-10,12H2,1-3H3. The van der Waals surface area contributed by atoms with Gasteiger partial charge in [-0.1, -0.05) is 29.8 Å². The minimum absolute atomic E-state index is 0.135. The van der Waals surface area contributed by atoms with Gasteiger partial charge in [-0.15, -0.1) is 0 Å². The van der Waals surface area contributed by atoms with E-state index in [2.05, 4.69) is 40.7 Å². The maximum Gasteiger partial charge on any atom is 0.215 e. The summed E-state index contributed by atoms with van der Waals surface area (Å²) in [5.41, 5.74) is 4.43. The lowest BCUT2D eigenvalue weighted by Crippen LogP contribution is -2.27. The van der Waals surface area contributed by atoms with Crippen LogP contribution in [-0.2, 0) is 18.3 Å². The predicted octanol–water partition coefficient (Wildman–Crippen LogP) is 4.39. The fraction of sp³-hybridized carbons (Fsp3) is 0.435. The average molecular weight is 377 g/mol. The number of benzene rings is 1. The molecule has 3 aromatic rings. The molecular formula is C23H27N3O2. The van der Waals surface area contributed by atoms with Gasteiger partial charge in [-0.2, -0.15) is 0 Å². The lowest BCUT2D eigenvalue weighted by molar-refractivity contribution is -0.122. The van der Waals surface area contributed by atoms with Crippen molar-refractivity contribution in [3.8, 4) is 5.88 Å². The summed E-state index contributed by atoms with van der Waals surface area (Å²) in [6.45, 7) is 3.80. The van der Waals surface area contributed by atoms with Crippen molar-refractivity contribution in [2.45, 2.75) is 52.1 Å². The molecule has 2 aromatic heterocycles. The monoisotopic (exact) mass is 377 g/mol. The molecule has 0 radical (unpaired) electrons. The number of ketones is 1. The first-order chi connectivity index (χ1) is 13.5. The molecule has 1 saturated carbocycles. The summed E-state index contributed by atoms with van der Waals surface area (Å²) in [7, 11) is 2.03. The number of hydrogen-bond acceptors (Lipinski definition) is 4. The maximum atomic E-state index is 11.5. The van der Waals surface area contributed by atoms with Crippen LogP contribution in [0.4, 0.5) is 0 Å². The largest absolute Gasteiger partial charge is 0.474 e. The molecule has 0 N–H and O–H groups in total. The zero-order valence-corrected chi connectivity index (χ0v) is 16.8. The Hall–Kier alpha value is -2.69. The van der Waals surface area contributed by atoms with Crippen LogP contribution < -0.4 is 4.74 Å². The van der Waals surface area contributed by atoms with Crippen molar-refractivity contribution in [1.82, 2.24) is 14.5 Å². The van der Waals surface area contributed by atoms with E-state index < -0.39 is 0 Å². The molecule has 146 valence electrons. The number of nitrogens with zero attached hydrogens (tertiary/aromatic N) is 3. The molecule has 1 aliphatic rings. The number of imidazole rings is 1. The lowest BCUT2D eigenvalue weighted by Gasteiger charge is -2.27. The summed E-state index contributed by atoms with van der Waals surface area (Å²) in [5.74, 6) is 2.14. The number of aryl methyl sites for hydroxylation is 2. The van der Waals surface area contributed by atoms with E-state index in [1.807, 2.05) is 19.3 Å². The van der Waals surface area contributed by atoms with Gasteiger partial charge in [0.15, 0.2) is 0 Å². The Balaban J connectivity index is 1.49. The summed E-state index contributed by atoms with van der Waals surface area (Å²) >= 11 is 0. The molecule has 5 nitrogen and oxygen atoms in total. The minimum Gasteiger partial charge on any atom is -0.474 e. The van der Waals surface area contributed by atoms with Crippen molar-refractivity contribution in [2.75, 3.05) is 0 Å². The van der Waals surface area contributed by atoms with Crippen molar-refractivity contribution >= 4 is 16.8 Å². The Bertz CT molecular complexity index is 1000. The van der Waals surface area contributed by atoms with Gasteiger partial charge in [0.2, 0.25) is 5.88 Å².